The Hall–Kier alpha value is -1.99. The van der Waals surface area contributed by atoms with Crippen LogP contribution in [0.5, 0.6) is 0 Å². The van der Waals surface area contributed by atoms with Gasteiger partial charge in [0.15, 0.2) is 0 Å². The SMILES string of the molecule is O=C(O)CN1CCC(c2ccc(C3CCC(O)NC3=O)cc2F)CC1. The molecule has 0 saturated carbocycles. The lowest BCUT2D eigenvalue weighted by Gasteiger charge is -2.31. The number of likely N-dealkylation sites (tertiary alicyclic amines) is 1. The van der Waals surface area contributed by atoms with Gasteiger partial charge in [-0.3, -0.25) is 14.5 Å². The van der Waals surface area contributed by atoms with Gasteiger partial charge in [-0.25, -0.2) is 4.39 Å². The predicted molar refractivity (Wildman–Crippen MR) is 88.6 cm³/mol. The number of rotatable bonds is 4. The molecule has 0 bridgehead atoms. The van der Waals surface area contributed by atoms with Crippen LogP contribution in [0.3, 0.4) is 0 Å². The highest BCUT2D eigenvalue weighted by atomic mass is 19.1. The van der Waals surface area contributed by atoms with Gasteiger partial charge in [0, 0.05) is 0 Å². The van der Waals surface area contributed by atoms with Crippen molar-refractivity contribution >= 4 is 11.9 Å². The molecule has 2 aliphatic heterocycles. The van der Waals surface area contributed by atoms with E-state index >= 15 is 0 Å². The van der Waals surface area contributed by atoms with Gasteiger partial charge in [-0.1, -0.05) is 12.1 Å². The van der Waals surface area contributed by atoms with Crippen LogP contribution in [0.2, 0.25) is 0 Å². The minimum Gasteiger partial charge on any atom is -0.480 e. The van der Waals surface area contributed by atoms with Crippen molar-refractivity contribution in [3.8, 4) is 0 Å². The highest BCUT2D eigenvalue weighted by Crippen LogP contribution is 2.33. The van der Waals surface area contributed by atoms with Crippen LogP contribution in [0.1, 0.15) is 48.6 Å². The summed E-state index contributed by atoms with van der Waals surface area (Å²) >= 11 is 0. The minimum atomic E-state index is -0.843. The van der Waals surface area contributed by atoms with Gasteiger partial charge in [-0.15, -0.1) is 0 Å². The van der Waals surface area contributed by atoms with Crippen molar-refractivity contribution in [2.75, 3.05) is 19.6 Å². The summed E-state index contributed by atoms with van der Waals surface area (Å²) in [7, 11) is 0. The molecule has 2 heterocycles. The van der Waals surface area contributed by atoms with Gasteiger partial charge in [-0.05, 0) is 61.9 Å². The van der Waals surface area contributed by atoms with Gasteiger partial charge in [0.2, 0.25) is 5.91 Å². The summed E-state index contributed by atoms with van der Waals surface area (Å²) in [6.07, 6.45) is 1.59. The summed E-state index contributed by atoms with van der Waals surface area (Å²) in [6, 6.07) is 4.98. The normalized spacial score (nSPS) is 25.6. The van der Waals surface area contributed by atoms with E-state index in [4.69, 9.17) is 5.11 Å². The van der Waals surface area contributed by atoms with E-state index in [0.29, 0.717) is 37.1 Å². The van der Waals surface area contributed by atoms with E-state index in [9.17, 15) is 19.1 Å². The molecule has 3 rings (SSSR count). The monoisotopic (exact) mass is 350 g/mol. The van der Waals surface area contributed by atoms with Crippen LogP contribution in [0.4, 0.5) is 4.39 Å². The molecule has 1 aromatic rings. The Kier molecular flexibility index (Phi) is 5.34. The van der Waals surface area contributed by atoms with Gasteiger partial charge >= 0.3 is 5.97 Å². The number of nitrogens with zero attached hydrogens (tertiary/aromatic N) is 1. The smallest absolute Gasteiger partial charge is 0.317 e. The number of hydrogen-bond donors (Lipinski definition) is 3. The van der Waals surface area contributed by atoms with Gasteiger partial charge < -0.3 is 15.5 Å². The van der Waals surface area contributed by atoms with Crippen molar-refractivity contribution in [3.63, 3.8) is 0 Å². The van der Waals surface area contributed by atoms with E-state index < -0.39 is 18.1 Å². The van der Waals surface area contributed by atoms with E-state index in [1.165, 1.54) is 6.07 Å². The maximum Gasteiger partial charge on any atom is 0.317 e. The molecule has 2 fully saturated rings. The topological polar surface area (TPSA) is 89.9 Å². The number of hydrogen-bond acceptors (Lipinski definition) is 4. The summed E-state index contributed by atoms with van der Waals surface area (Å²) < 4.78 is 14.6. The van der Waals surface area contributed by atoms with Crippen molar-refractivity contribution in [2.45, 2.75) is 43.7 Å². The highest BCUT2D eigenvalue weighted by molar-refractivity contribution is 5.84. The summed E-state index contributed by atoms with van der Waals surface area (Å²) in [5.41, 5.74) is 1.27. The highest BCUT2D eigenvalue weighted by Gasteiger charge is 2.29. The fraction of sp³-hybridized carbons (Fsp3) is 0.556. The molecule has 25 heavy (non-hydrogen) atoms. The molecule has 1 amide bonds. The van der Waals surface area contributed by atoms with E-state index in [2.05, 4.69) is 5.32 Å². The van der Waals surface area contributed by atoms with Crippen LogP contribution >= 0.6 is 0 Å². The number of aliphatic hydroxyl groups excluding tert-OH is 1. The average molecular weight is 350 g/mol. The molecule has 0 aliphatic carbocycles. The van der Waals surface area contributed by atoms with Crippen molar-refractivity contribution in [2.24, 2.45) is 0 Å². The first kappa shape index (κ1) is 17.8. The summed E-state index contributed by atoms with van der Waals surface area (Å²) in [5, 5.41) is 20.8. The molecule has 2 atom stereocenters. The number of carbonyl (C=O) groups is 2. The van der Waals surface area contributed by atoms with Crippen LogP contribution in [0.15, 0.2) is 18.2 Å². The third kappa shape index (κ3) is 4.16. The van der Waals surface area contributed by atoms with E-state index in [-0.39, 0.29) is 24.2 Å². The van der Waals surface area contributed by atoms with Gasteiger partial charge in [0.1, 0.15) is 12.0 Å². The van der Waals surface area contributed by atoms with Gasteiger partial charge in [-0.2, -0.15) is 0 Å². The Morgan fingerprint density at radius 2 is 1.96 bits per heavy atom. The van der Waals surface area contributed by atoms with Crippen LogP contribution in [0.25, 0.3) is 0 Å². The zero-order valence-corrected chi connectivity index (χ0v) is 13.9. The van der Waals surface area contributed by atoms with Crippen molar-refractivity contribution < 1.29 is 24.2 Å². The molecule has 0 spiro atoms. The second-order valence-corrected chi connectivity index (χ2v) is 6.88. The minimum absolute atomic E-state index is 0.0246. The lowest BCUT2D eigenvalue weighted by Crippen LogP contribution is -2.42. The van der Waals surface area contributed by atoms with Crippen LogP contribution in [-0.2, 0) is 9.59 Å². The number of benzene rings is 1. The molecule has 7 heteroatoms. The average Bonchev–Trinajstić information content (AvgIpc) is 2.55. The molecule has 3 N–H and O–H groups in total. The largest absolute Gasteiger partial charge is 0.480 e. The van der Waals surface area contributed by atoms with Crippen LogP contribution < -0.4 is 5.32 Å². The Balaban J connectivity index is 1.67. The molecule has 2 unspecified atom stereocenters. The predicted octanol–water partition coefficient (Wildman–Crippen LogP) is 1.40. The quantitative estimate of drug-likeness (QED) is 0.764. The second-order valence-electron chi connectivity index (χ2n) is 6.88. The number of amides is 1. The molecular formula is C18H23FN2O4. The van der Waals surface area contributed by atoms with Crippen molar-refractivity contribution in [3.05, 3.63) is 35.1 Å². The number of nitrogens with one attached hydrogen (secondary N) is 1. The van der Waals surface area contributed by atoms with Crippen molar-refractivity contribution in [1.82, 2.24) is 10.2 Å². The number of carboxylic acids is 1. The number of carbonyl (C=O) groups excluding carboxylic acids is 1. The van der Waals surface area contributed by atoms with Crippen LogP contribution in [-0.4, -0.2) is 52.9 Å². The van der Waals surface area contributed by atoms with Crippen LogP contribution in [0, 0.1) is 5.82 Å². The Labute approximate surface area is 145 Å². The first-order valence-electron chi connectivity index (χ1n) is 8.66. The molecule has 0 radical (unpaired) electrons. The molecule has 2 aliphatic rings. The molecule has 0 aromatic heterocycles. The molecule has 2 saturated heterocycles. The molecule has 6 nitrogen and oxygen atoms in total. The molecule has 136 valence electrons. The third-order valence-electron chi connectivity index (χ3n) is 5.17. The Morgan fingerprint density at radius 1 is 1.24 bits per heavy atom. The van der Waals surface area contributed by atoms with E-state index in [1.807, 2.05) is 4.90 Å². The maximum atomic E-state index is 14.6. The number of piperidine rings is 2. The number of halogens is 1. The second kappa shape index (κ2) is 7.49. The van der Waals surface area contributed by atoms with Crippen molar-refractivity contribution in [1.29, 1.82) is 0 Å². The third-order valence-corrected chi connectivity index (χ3v) is 5.17. The first-order chi connectivity index (χ1) is 11.9. The standard InChI is InChI=1S/C18H23FN2O4/c19-15-9-12(14-3-4-16(22)20-18(14)25)1-2-13(15)11-5-7-21(8-6-11)10-17(23)24/h1-2,9,11,14,16,22H,3-8,10H2,(H,20,25)(H,23,24). The number of aliphatic hydroxyl groups is 1. The zero-order valence-electron chi connectivity index (χ0n) is 13.9. The number of aliphatic carboxylic acids is 1. The lowest BCUT2D eigenvalue weighted by atomic mass is 9.85. The summed E-state index contributed by atoms with van der Waals surface area (Å²) in [5.74, 6) is -1.78. The summed E-state index contributed by atoms with van der Waals surface area (Å²) in [6.45, 7) is 1.30. The van der Waals surface area contributed by atoms with E-state index in [0.717, 1.165) is 12.8 Å². The number of carboxylic acid groups (broad SMARTS) is 1. The molecule has 1 aromatic carbocycles. The maximum absolute atomic E-state index is 14.6. The Morgan fingerprint density at radius 3 is 2.56 bits per heavy atom. The first-order valence-corrected chi connectivity index (χ1v) is 8.66. The fourth-order valence-corrected chi connectivity index (χ4v) is 3.80. The van der Waals surface area contributed by atoms with E-state index in [1.54, 1.807) is 12.1 Å². The zero-order chi connectivity index (χ0) is 18.0. The van der Waals surface area contributed by atoms with Gasteiger partial charge in [0.05, 0.1) is 12.5 Å². The fourth-order valence-electron chi connectivity index (χ4n) is 3.80. The lowest BCUT2D eigenvalue weighted by molar-refractivity contribution is -0.138. The molecular weight excluding hydrogens is 327 g/mol. The summed E-state index contributed by atoms with van der Waals surface area (Å²) in [4.78, 5) is 24.6. The Bertz CT molecular complexity index is 658. The van der Waals surface area contributed by atoms with Gasteiger partial charge in [0.25, 0.3) is 0 Å².